The molecule has 3 rings (SSSR count). The molecule has 0 saturated heterocycles. The van der Waals surface area contributed by atoms with E-state index in [0.717, 1.165) is 22.6 Å². The smallest absolute Gasteiger partial charge is 0.263 e. The second-order valence-electron chi connectivity index (χ2n) is 7.87. The molecule has 0 fully saturated rings. The van der Waals surface area contributed by atoms with Gasteiger partial charge in [-0.1, -0.05) is 53.6 Å². The highest BCUT2D eigenvalue weighted by Gasteiger charge is 2.21. The Hall–Kier alpha value is -2.48. The first-order valence-corrected chi connectivity index (χ1v) is 13.5. The summed E-state index contributed by atoms with van der Waals surface area (Å²) >= 11 is 7.91. The van der Waals surface area contributed by atoms with Gasteiger partial charge in [0.25, 0.3) is 15.9 Å². The number of sulfonamides is 1. The number of anilines is 1. The Balaban J connectivity index is 1.62. The average Bonchev–Trinajstić information content (AvgIpc) is 2.76. The molecule has 0 heterocycles. The highest BCUT2D eigenvalue weighted by Crippen LogP contribution is 2.27. The van der Waals surface area contributed by atoms with E-state index in [1.165, 1.54) is 29.3 Å². The molecule has 0 unspecified atom stereocenters. The zero-order valence-electron chi connectivity index (χ0n) is 18.8. The standard InChI is InChI=1S/C25H27ClN2O3S2/c1-17-5-4-6-20(13-17)16-32-12-11-27-25(29)21-9-10-22(26)24(15-21)33(30,31)28-23-14-18(2)7-8-19(23)3/h4-10,13-15,28H,11-12,16H2,1-3H3,(H,27,29). The van der Waals surface area contributed by atoms with Crippen LogP contribution in [0.2, 0.25) is 5.02 Å². The van der Waals surface area contributed by atoms with Crippen molar-refractivity contribution in [2.24, 2.45) is 0 Å². The fraction of sp³-hybridized carbons (Fsp3) is 0.240. The summed E-state index contributed by atoms with van der Waals surface area (Å²) in [5.41, 5.74) is 4.91. The first-order chi connectivity index (χ1) is 15.7. The SMILES string of the molecule is Cc1cccc(CSCCNC(=O)c2ccc(Cl)c(S(=O)(=O)Nc3cc(C)ccc3C)c2)c1. The molecule has 0 spiro atoms. The van der Waals surface area contributed by atoms with Gasteiger partial charge >= 0.3 is 0 Å². The van der Waals surface area contributed by atoms with E-state index in [1.807, 2.05) is 32.0 Å². The molecule has 8 heteroatoms. The average molecular weight is 503 g/mol. The van der Waals surface area contributed by atoms with Crippen molar-refractivity contribution in [1.82, 2.24) is 5.32 Å². The van der Waals surface area contributed by atoms with Gasteiger partial charge in [0.1, 0.15) is 4.90 Å². The van der Waals surface area contributed by atoms with Gasteiger partial charge in [0, 0.05) is 23.6 Å². The molecule has 1 amide bonds. The van der Waals surface area contributed by atoms with E-state index in [2.05, 4.69) is 35.2 Å². The summed E-state index contributed by atoms with van der Waals surface area (Å²) in [6, 6.07) is 18.1. The zero-order chi connectivity index (χ0) is 24.0. The number of hydrogen-bond donors (Lipinski definition) is 2. The normalized spacial score (nSPS) is 11.3. The van der Waals surface area contributed by atoms with Gasteiger partial charge in [-0.3, -0.25) is 9.52 Å². The van der Waals surface area contributed by atoms with Crippen molar-refractivity contribution in [2.45, 2.75) is 31.4 Å². The third kappa shape index (κ3) is 7.00. The number of carbonyl (C=O) groups excluding carboxylic acids is 1. The van der Waals surface area contributed by atoms with Crippen LogP contribution in [0, 0.1) is 20.8 Å². The van der Waals surface area contributed by atoms with Crippen LogP contribution in [0.1, 0.15) is 32.6 Å². The highest BCUT2D eigenvalue weighted by atomic mass is 35.5. The minimum Gasteiger partial charge on any atom is -0.351 e. The first-order valence-electron chi connectivity index (χ1n) is 10.5. The number of amides is 1. The molecule has 0 bridgehead atoms. The van der Waals surface area contributed by atoms with E-state index in [9.17, 15) is 13.2 Å². The Kier molecular flexibility index (Phi) is 8.46. The molecule has 174 valence electrons. The summed E-state index contributed by atoms with van der Waals surface area (Å²) in [6.07, 6.45) is 0. The summed E-state index contributed by atoms with van der Waals surface area (Å²) in [5.74, 6) is 1.27. The van der Waals surface area contributed by atoms with Gasteiger partial charge in [0.05, 0.1) is 10.7 Å². The molecular weight excluding hydrogens is 476 g/mol. The van der Waals surface area contributed by atoms with Crippen LogP contribution in [0.5, 0.6) is 0 Å². The van der Waals surface area contributed by atoms with Crippen LogP contribution in [0.15, 0.2) is 65.6 Å². The molecular formula is C25H27ClN2O3S2. The Morgan fingerprint density at radius 3 is 2.48 bits per heavy atom. The molecule has 0 aliphatic rings. The van der Waals surface area contributed by atoms with Crippen LogP contribution >= 0.6 is 23.4 Å². The molecule has 0 saturated carbocycles. The third-order valence-electron chi connectivity index (χ3n) is 5.00. The van der Waals surface area contributed by atoms with Crippen LogP contribution in [0.25, 0.3) is 0 Å². The van der Waals surface area contributed by atoms with Crippen molar-refractivity contribution in [3.05, 3.63) is 93.5 Å². The zero-order valence-corrected chi connectivity index (χ0v) is 21.2. The molecule has 0 atom stereocenters. The van der Waals surface area contributed by atoms with Crippen LogP contribution in [-0.4, -0.2) is 26.6 Å². The lowest BCUT2D eigenvalue weighted by atomic mass is 10.1. The molecule has 0 radical (unpaired) electrons. The van der Waals surface area contributed by atoms with E-state index in [4.69, 9.17) is 11.6 Å². The van der Waals surface area contributed by atoms with Crippen molar-refractivity contribution in [2.75, 3.05) is 17.0 Å². The van der Waals surface area contributed by atoms with Crippen molar-refractivity contribution in [1.29, 1.82) is 0 Å². The number of halogens is 1. The maximum absolute atomic E-state index is 13.0. The molecule has 5 nitrogen and oxygen atoms in total. The number of nitrogens with one attached hydrogen (secondary N) is 2. The number of rotatable bonds is 9. The van der Waals surface area contributed by atoms with Crippen LogP contribution in [0.4, 0.5) is 5.69 Å². The van der Waals surface area contributed by atoms with E-state index in [-0.39, 0.29) is 21.4 Å². The predicted molar refractivity (Wildman–Crippen MR) is 138 cm³/mol. The number of benzene rings is 3. The molecule has 0 aromatic heterocycles. The summed E-state index contributed by atoms with van der Waals surface area (Å²) in [5, 5.41) is 2.90. The fourth-order valence-electron chi connectivity index (χ4n) is 3.23. The predicted octanol–water partition coefficient (Wildman–Crippen LogP) is 5.73. The van der Waals surface area contributed by atoms with Crippen LogP contribution in [-0.2, 0) is 15.8 Å². The van der Waals surface area contributed by atoms with Gasteiger partial charge in [0.2, 0.25) is 0 Å². The lowest BCUT2D eigenvalue weighted by Gasteiger charge is -2.13. The fourth-order valence-corrected chi connectivity index (χ4v) is 5.68. The second kappa shape index (κ2) is 11.1. The molecule has 0 aliphatic carbocycles. The van der Waals surface area contributed by atoms with Gasteiger partial charge in [-0.15, -0.1) is 0 Å². The summed E-state index contributed by atoms with van der Waals surface area (Å²) in [7, 11) is -3.97. The third-order valence-corrected chi connectivity index (χ3v) is 7.88. The monoisotopic (exact) mass is 502 g/mol. The van der Waals surface area contributed by atoms with Crippen molar-refractivity contribution in [3.8, 4) is 0 Å². The Labute approximate surface area is 205 Å². The quantitative estimate of drug-likeness (QED) is 0.366. The molecule has 3 aromatic rings. The van der Waals surface area contributed by atoms with Gasteiger partial charge < -0.3 is 5.32 Å². The number of aryl methyl sites for hydroxylation is 3. The van der Waals surface area contributed by atoms with Crippen molar-refractivity contribution in [3.63, 3.8) is 0 Å². The topological polar surface area (TPSA) is 75.3 Å². The van der Waals surface area contributed by atoms with E-state index >= 15 is 0 Å². The van der Waals surface area contributed by atoms with E-state index in [1.54, 1.807) is 17.8 Å². The van der Waals surface area contributed by atoms with Crippen molar-refractivity contribution < 1.29 is 13.2 Å². The lowest BCUT2D eigenvalue weighted by molar-refractivity contribution is 0.0956. The van der Waals surface area contributed by atoms with E-state index in [0.29, 0.717) is 12.2 Å². The van der Waals surface area contributed by atoms with Gasteiger partial charge in [-0.05, 0) is 61.7 Å². The molecule has 33 heavy (non-hydrogen) atoms. The Morgan fingerprint density at radius 2 is 1.73 bits per heavy atom. The Bertz CT molecular complexity index is 1260. The summed E-state index contributed by atoms with van der Waals surface area (Å²) < 4.78 is 28.6. The summed E-state index contributed by atoms with van der Waals surface area (Å²) in [6.45, 7) is 6.24. The number of hydrogen-bond acceptors (Lipinski definition) is 4. The minimum absolute atomic E-state index is 0.0538. The minimum atomic E-state index is -3.97. The summed E-state index contributed by atoms with van der Waals surface area (Å²) in [4.78, 5) is 12.5. The van der Waals surface area contributed by atoms with Crippen LogP contribution in [0.3, 0.4) is 0 Å². The molecule has 3 aromatic carbocycles. The largest absolute Gasteiger partial charge is 0.351 e. The Morgan fingerprint density at radius 1 is 0.970 bits per heavy atom. The number of thioether (sulfide) groups is 1. The maximum Gasteiger partial charge on any atom is 0.263 e. The van der Waals surface area contributed by atoms with Crippen molar-refractivity contribution >= 4 is 45.0 Å². The van der Waals surface area contributed by atoms with Gasteiger partial charge in [-0.25, -0.2) is 8.42 Å². The molecule has 0 aliphatic heterocycles. The number of carbonyl (C=O) groups is 1. The van der Waals surface area contributed by atoms with Gasteiger partial charge in [-0.2, -0.15) is 11.8 Å². The second-order valence-corrected chi connectivity index (χ2v) is 11.0. The maximum atomic E-state index is 13.0. The van der Waals surface area contributed by atoms with E-state index < -0.39 is 10.0 Å². The van der Waals surface area contributed by atoms with Crippen LogP contribution < -0.4 is 10.0 Å². The lowest BCUT2D eigenvalue weighted by Crippen LogP contribution is -2.26. The molecule has 2 N–H and O–H groups in total. The highest BCUT2D eigenvalue weighted by molar-refractivity contribution is 7.98. The first kappa shape index (κ1) is 25.1. The van der Waals surface area contributed by atoms with Gasteiger partial charge in [0.15, 0.2) is 0 Å².